The number of ether oxygens (including phenoxy) is 2. The Morgan fingerprint density at radius 2 is 1.73 bits per heavy atom. The summed E-state index contributed by atoms with van der Waals surface area (Å²) in [5.74, 6) is 0.598. The molecular weight excluding hydrogens is 374 g/mol. The molecule has 0 aromatic heterocycles. The van der Waals surface area contributed by atoms with E-state index in [0.717, 1.165) is 17.7 Å². The molecule has 1 heterocycles. The first-order chi connectivity index (χ1) is 14.5. The maximum absolute atomic E-state index is 12.4. The number of likely N-dealkylation sites (tertiary alicyclic amines) is 1. The van der Waals surface area contributed by atoms with Gasteiger partial charge in [-0.1, -0.05) is 68.4 Å². The number of rotatable bonds is 8. The number of likely N-dealkylation sites (N-methyl/N-ethyl adjacent to an activating group) is 1. The lowest BCUT2D eigenvalue weighted by Crippen LogP contribution is -2.31. The van der Waals surface area contributed by atoms with Crippen LogP contribution in [-0.4, -0.2) is 44.2 Å². The molecule has 4 nitrogen and oxygen atoms in total. The third kappa shape index (κ3) is 5.93. The zero-order valence-electron chi connectivity index (χ0n) is 18.7. The summed E-state index contributed by atoms with van der Waals surface area (Å²) in [4.78, 5) is 14.8. The zero-order valence-corrected chi connectivity index (χ0v) is 18.7. The summed E-state index contributed by atoms with van der Waals surface area (Å²) < 4.78 is 11.4. The molecule has 1 aliphatic rings. The predicted octanol–water partition coefficient (Wildman–Crippen LogP) is 5.19. The van der Waals surface area contributed by atoms with Crippen molar-refractivity contribution in [2.24, 2.45) is 5.92 Å². The van der Waals surface area contributed by atoms with E-state index in [9.17, 15) is 4.79 Å². The zero-order chi connectivity index (χ0) is 21.5. The van der Waals surface area contributed by atoms with E-state index in [1.54, 1.807) is 0 Å². The van der Waals surface area contributed by atoms with Gasteiger partial charge in [-0.15, -0.1) is 0 Å². The molecule has 0 bridgehead atoms. The quantitative estimate of drug-likeness (QED) is 0.563. The van der Waals surface area contributed by atoms with E-state index in [-0.39, 0.29) is 12.1 Å². The Hall–Kier alpha value is -2.17. The predicted molar refractivity (Wildman–Crippen MR) is 121 cm³/mol. The Labute approximate surface area is 181 Å². The van der Waals surface area contributed by atoms with E-state index in [2.05, 4.69) is 62.2 Å². The molecular formula is C26H35NO3. The van der Waals surface area contributed by atoms with Crippen LogP contribution < -0.4 is 0 Å². The minimum Gasteiger partial charge on any atom is -0.467 e. The van der Waals surface area contributed by atoms with Gasteiger partial charge in [0.2, 0.25) is 0 Å². The van der Waals surface area contributed by atoms with Crippen molar-refractivity contribution in [3.63, 3.8) is 0 Å². The van der Waals surface area contributed by atoms with Crippen molar-refractivity contribution in [1.29, 1.82) is 0 Å². The van der Waals surface area contributed by atoms with Gasteiger partial charge in [-0.25, -0.2) is 4.79 Å². The lowest BCUT2D eigenvalue weighted by Gasteiger charge is -2.30. The standard InChI is InChI=1S/C26H35NO3/c1-19(2)17-24(26(28)29-4)30-25(21-9-6-5-7-10-21)22-14-12-20(13-15-22)23-11-8-16-27(3)18-23/h5-7,9-10,12-15,19,23-25H,8,11,16-18H2,1-4H3/t23-,24-,25?/m0/s1. The third-order valence-electron chi connectivity index (χ3n) is 5.89. The minimum atomic E-state index is -0.591. The summed E-state index contributed by atoms with van der Waals surface area (Å²) in [6.45, 7) is 6.47. The van der Waals surface area contributed by atoms with Crippen molar-refractivity contribution < 1.29 is 14.3 Å². The summed E-state index contributed by atoms with van der Waals surface area (Å²) in [6, 6.07) is 18.9. The van der Waals surface area contributed by atoms with Gasteiger partial charge in [0.05, 0.1) is 7.11 Å². The van der Waals surface area contributed by atoms with E-state index in [1.165, 1.54) is 32.1 Å². The van der Waals surface area contributed by atoms with Crippen molar-refractivity contribution in [1.82, 2.24) is 4.90 Å². The second-order valence-electron chi connectivity index (χ2n) is 8.84. The van der Waals surface area contributed by atoms with Crippen molar-refractivity contribution in [3.05, 3.63) is 71.3 Å². The first kappa shape index (κ1) is 22.5. The molecule has 30 heavy (non-hydrogen) atoms. The molecule has 2 aromatic carbocycles. The monoisotopic (exact) mass is 409 g/mol. The molecule has 0 saturated carbocycles. The van der Waals surface area contributed by atoms with Gasteiger partial charge in [-0.2, -0.15) is 0 Å². The van der Waals surface area contributed by atoms with E-state index < -0.39 is 6.10 Å². The fraction of sp³-hybridized carbons (Fsp3) is 0.500. The molecule has 3 rings (SSSR count). The van der Waals surface area contributed by atoms with Crippen LogP contribution in [0.3, 0.4) is 0 Å². The lowest BCUT2D eigenvalue weighted by atomic mass is 9.89. The van der Waals surface area contributed by atoms with Crippen LogP contribution in [-0.2, 0) is 14.3 Å². The number of hydrogen-bond acceptors (Lipinski definition) is 4. The first-order valence-corrected chi connectivity index (χ1v) is 11.0. The number of benzene rings is 2. The fourth-order valence-corrected chi connectivity index (χ4v) is 4.29. The Bertz CT molecular complexity index is 788. The molecule has 3 atom stereocenters. The van der Waals surface area contributed by atoms with Crippen LogP contribution in [0.2, 0.25) is 0 Å². The summed E-state index contributed by atoms with van der Waals surface area (Å²) in [7, 11) is 3.62. The maximum atomic E-state index is 12.4. The topological polar surface area (TPSA) is 38.8 Å². The van der Waals surface area contributed by atoms with Gasteiger partial charge in [0.25, 0.3) is 0 Å². The summed E-state index contributed by atoms with van der Waals surface area (Å²) in [5.41, 5.74) is 3.48. The number of carbonyl (C=O) groups is 1. The van der Waals surface area contributed by atoms with Crippen LogP contribution in [0.4, 0.5) is 0 Å². The van der Waals surface area contributed by atoms with Crippen LogP contribution in [0.5, 0.6) is 0 Å². The molecule has 0 spiro atoms. The lowest BCUT2D eigenvalue weighted by molar-refractivity contribution is -0.158. The molecule has 1 unspecified atom stereocenters. The first-order valence-electron chi connectivity index (χ1n) is 11.0. The highest BCUT2D eigenvalue weighted by molar-refractivity contribution is 5.74. The van der Waals surface area contributed by atoms with Gasteiger partial charge in [-0.05, 0) is 61.4 Å². The molecule has 1 aliphatic heterocycles. The van der Waals surface area contributed by atoms with Crippen molar-refractivity contribution in [3.8, 4) is 0 Å². The van der Waals surface area contributed by atoms with Gasteiger partial charge in [0.15, 0.2) is 6.10 Å². The van der Waals surface area contributed by atoms with Gasteiger partial charge in [-0.3, -0.25) is 0 Å². The van der Waals surface area contributed by atoms with Crippen LogP contribution >= 0.6 is 0 Å². The van der Waals surface area contributed by atoms with E-state index in [4.69, 9.17) is 9.47 Å². The smallest absolute Gasteiger partial charge is 0.335 e. The number of nitrogens with zero attached hydrogens (tertiary/aromatic N) is 1. The van der Waals surface area contributed by atoms with Crippen LogP contribution in [0.15, 0.2) is 54.6 Å². The maximum Gasteiger partial charge on any atom is 0.335 e. The molecule has 1 saturated heterocycles. The molecule has 0 aliphatic carbocycles. The van der Waals surface area contributed by atoms with Gasteiger partial charge in [0.1, 0.15) is 6.10 Å². The Balaban J connectivity index is 1.86. The highest BCUT2D eigenvalue weighted by Crippen LogP contribution is 2.32. The second kappa shape index (κ2) is 10.7. The van der Waals surface area contributed by atoms with E-state index in [0.29, 0.717) is 18.3 Å². The molecule has 0 N–H and O–H groups in total. The minimum absolute atomic E-state index is 0.308. The molecule has 0 amide bonds. The van der Waals surface area contributed by atoms with Gasteiger partial charge < -0.3 is 14.4 Å². The number of esters is 1. The number of piperidine rings is 1. The molecule has 2 aromatic rings. The van der Waals surface area contributed by atoms with Crippen LogP contribution in [0.25, 0.3) is 0 Å². The van der Waals surface area contributed by atoms with Gasteiger partial charge >= 0.3 is 5.97 Å². The van der Waals surface area contributed by atoms with Crippen molar-refractivity contribution in [2.75, 3.05) is 27.2 Å². The third-order valence-corrected chi connectivity index (χ3v) is 5.89. The summed E-state index contributed by atoms with van der Waals surface area (Å²) in [6.07, 6.45) is 2.21. The number of methoxy groups -OCH3 is 1. The summed E-state index contributed by atoms with van der Waals surface area (Å²) in [5, 5.41) is 0. The number of carbonyl (C=O) groups excluding carboxylic acids is 1. The normalized spacial score (nSPS) is 19.4. The van der Waals surface area contributed by atoms with E-state index >= 15 is 0 Å². The molecule has 162 valence electrons. The fourth-order valence-electron chi connectivity index (χ4n) is 4.29. The Kier molecular flexibility index (Phi) is 8.06. The second-order valence-corrected chi connectivity index (χ2v) is 8.84. The summed E-state index contributed by atoms with van der Waals surface area (Å²) >= 11 is 0. The van der Waals surface area contributed by atoms with Crippen LogP contribution in [0, 0.1) is 5.92 Å². The average Bonchev–Trinajstić information content (AvgIpc) is 2.76. The number of hydrogen-bond donors (Lipinski definition) is 0. The van der Waals surface area contributed by atoms with Crippen molar-refractivity contribution in [2.45, 2.75) is 51.2 Å². The SMILES string of the molecule is COC(=O)[C@H](CC(C)C)OC(c1ccccc1)c1ccc([C@H]2CCCN(C)C2)cc1. The highest BCUT2D eigenvalue weighted by Gasteiger charge is 2.27. The average molecular weight is 410 g/mol. The Morgan fingerprint density at radius 1 is 1.07 bits per heavy atom. The molecule has 4 heteroatoms. The highest BCUT2D eigenvalue weighted by atomic mass is 16.6. The largest absolute Gasteiger partial charge is 0.467 e. The molecule has 1 fully saturated rings. The van der Waals surface area contributed by atoms with E-state index in [1.807, 2.05) is 18.2 Å². The Morgan fingerprint density at radius 3 is 2.33 bits per heavy atom. The van der Waals surface area contributed by atoms with Gasteiger partial charge in [0, 0.05) is 6.54 Å². The van der Waals surface area contributed by atoms with Crippen molar-refractivity contribution >= 4 is 5.97 Å². The van der Waals surface area contributed by atoms with Crippen LogP contribution in [0.1, 0.15) is 61.8 Å². The molecule has 0 radical (unpaired) electrons.